The van der Waals surface area contributed by atoms with Crippen molar-refractivity contribution >= 4 is 39.8 Å². The Balaban J connectivity index is 1.56. The minimum Gasteiger partial charge on any atom is -0.310 e. The van der Waals surface area contributed by atoms with Crippen molar-refractivity contribution in [3.05, 3.63) is 77.9 Å². The quantitative estimate of drug-likeness (QED) is 0.277. The van der Waals surface area contributed by atoms with Crippen molar-refractivity contribution in [1.82, 2.24) is 14.5 Å². The molecule has 0 N–H and O–H groups in total. The van der Waals surface area contributed by atoms with Crippen LogP contribution in [0.4, 0.5) is 24.0 Å². The van der Waals surface area contributed by atoms with Crippen molar-refractivity contribution in [2.24, 2.45) is 0 Å². The molecule has 0 unspecified atom stereocenters. The Morgan fingerprint density at radius 1 is 1.09 bits per heavy atom. The Morgan fingerprint density at radius 3 is 2.39 bits per heavy atom. The molecule has 1 amide bonds. The number of thiazole rings is 1. The van der Waals surface area contributed by atoms with Crippen LogP contribution in [0, 0.1) is 0 Å². The number of thioether (sulfide) groups is 1. The molecule has 33 heavy (non-hydrogen) atoms. The maximum atomic E-state index is 13.3. The van der Waals surface area contributed by atoms with Crippen LogP contribution in [-0.4, -0.2) is 26.6 Å². The molecule has 0 radical (unpaired) electrons. The highest BCUT2D eigenvalue weighted by Gasteiger charge is 2.31. The third-order valence-corrected chi connectivity index (χ3v) is 6.53. The lowest BCUT2D eigenvalue weighted by atomic mass is 10.2. The van der Waals surface area contributed by atoms with Crippen LogP contribution < -0.4 is 4.90 Å². The van der Waals surface area contributed by atoms with Gasteiger partial charge in [0.1, 0.15) is 6.54 Å². The number of aromatic nitrogens is 3. The highest BCUT2D eigenvalue weighted by Crippen LogP contribution is 2.33. The van der Waals surface area contributed by atoms with Gasteiger partial charge in [-0.25, -0.2) is 9.97 Å². The van der Waals surface area contributed by atoms with E-state index in [0.29, 0.717) is 33.5 Å². The van der Waals surface area contributed by atoms with Crippen molar-refractivity contribution in [2.45, 2.75) is 30.6 Å². The molecular weight excluding hydrogens is 469 g/mol. The lowest BCUT2D eigenvalue weighted by molar-refractivity contribution is -0.141. The van der Waals surface area contributed by atoms with Gasteiger partial charge in [0, 0.05) is 18.1 Å². The first-order valence-electron chi connectivity index (χ1n) is 9.92. The zero-order chi connectivity index (χ0) is 23.4. The topological polar surface area (TPSA) is 51.0 Å². The molecule has 0 aliphatic carbocycles. The third kappa shape index (κ3) is 5.63. The maximum Gasteiger partial charge on any atom is 0.406 e. The molecule has 10 heteroatoms. The van der Waals surface area contributed by atoms with Crippen LogP contribution in [0.1, 0.15) is 12.6 Å². The van der Waals surface area contributed by atoms with Crippen LogP contribution in [0.25, 0.3) is 11.3 Å². The van der Waals surface area contributed by atoms with Gasteiger partial charge in [-0.15, -0.1) is 11.3 Å². The maximum absolute atomic E-state index is 13.3. The molecule has 0 saturated carbocycles. The molecule has 0 spiro atoms. The number of amides is 1. The van der Waals surface area contributed by atoms with Gasteiger partial charge in [0.2, 0.25) is 5.91 Å². The second-order valence-electron chi connectivity index (χ2n) is 7.09. The third-order valence-electron chi connectivity index (χ3n) is 4.64. The summed E-state index contributed by atoms with van der Waals surface area (Å²) in [7, 11) is 0. The van der Waals surface area contributed by atoms with Gasteiger partial charge >= 0.3 is 6.18 Å². The van der Waals surface area contributed by atoms with Gasteiger partial charge < -0.3 is 4.57 Å². The molecule has 2 aromatic heterocycles. The first-order chi connectivity index (χ1) is 15.8. The van der Waals surface area contributed by atoms with Crippen molar-refractivity contribution in [3.8, 4) is 11.3 Å². The van der Waals surface area contributed by atoms with E-state index in [1.54, 1.807) is 29.6 Å². The van der Waals surface area contributed by atoms with E-state index in [2.05, 4.69) is 9.97 Å². The number of anilines is 2. The van der Waals surface area contributed by atoms with Crippen LogP contribution in [0.2, 0.25) is 0 Å². The molecule has 0 fully saturated rings. The number of alkyl halides is 3. The first kappa shape index (κ1) is 23.1. The average molecular weight is 489 g/mol. The van der Waals surface area contributed by atoms with Crippen LogP contribution in [0.3, 0.4) is 0 Å². The molecule has 5 nitrogen and oxygen atoms in total. The Hall–Kier alpha value is -3.11. The van der Waals surface area contributed by atoms with E-state index >= 15 is 0 Å². The van der Waals surface area contributed by atoms with E-state index in [0.717, 1.165) is 0 Å². The molecule has 170 valence electrons. The van der Waals surface area contributed by atoms with Gasteiger partial charge in [0.25, 0.3) is 0 Å². The summed E-state index contributed by atoms with van der Waals surface area (Å²) in [6, 6.07) is 18.0. The monoisotopic (exact) mass is 488 g/mol. The summed E-state index contributed by atoms with van der Waals surface area (Å²) in [4.78, 5) is 22.5. The van der Waals surface area contributed by atoms with Gasteiger partial charge in [-0.1, -0.05) is 60.3 Å². The Bertz CT molecular complexity index is 1220. The van der Waals surface area contributed by atoms with Crippen molar-refractivity contribution in [1.29, 1.82) is 0 Å². The van der Waals surface area contributed by atoms with E-state index in [1.165, 1.54) is 45.7 Å². The number of nitrogens with zero attached hydrogens (tertiary/aromatic N) is 4. The van der Waals surface area contributed by atoms with Crippen LogP contribution in [0.15, 0.2) is 77.4 Å². The molecular formula is C23H19F3N4OS2. The Morgan fingerprint density at radius 2 is 1.76 bits per heavy atom. The summed E-state index contributed by atoms with van der Waals surface area (Å²) in [5, 5.41) is 2.57. The van der Waals surface area contributed by atoms with Crippen molar-refractivity contribution in [2.75, 3.05) is 4.90 Å². The predicted molar refractivity (Wildman–Crippen MR) is 125 cm³/mol. The largest absolute Gasteiger partial charge is 0.406 e. The summed E-state index contributed by atoms with van der Waals surface area (Å²) in [6.07, 6.45) is -2.92. The fourth-order valence-electron chi connectivity index (χ4n) is 3.25. The van der Waals surface area contributed by atoms with Gasteiger partial charge in [0.05, 0.1) is 23.3 Å². The number of rotatable bonds is 7. The Kier molecular flexibility index (Phi) is 6.85. The lowest BCUT2D eigenvalue weighted by Gasteiger charge is -2.17. The number of hydrogen-bond donors (Lipinski definition) is 0. The van der Waals surface area contributed by atoms with Crippen molar-refractivity contribution in [3.63, 3.8) is 0 Å². The molecule has 0 saturated heterocycles. The van der Waals surface area contributed by atoms with Crippen LogP contribution >= 0.6 is 23.1 Å². The molecule has 0 aliphatic heterocycles. The summed E-state index contributed by atoms with van der Waals surface area (Å²) < 4.78 is 41.0. The first-order valence-corrected chi connectivity index (χ1v) is 11.8. The van der Waals surface area contributed by atoms with Crippen LogP contribution in [-0.2, 0) is 17.1 Å². The van der Waals surface area contributed by atoms with Crippen LogP contribution in [0.5, 0.6) is 0 Å². The van der Waals surface area contributed by atoms with Gasteiger partial charge in [-0.05, 0) is 17.7 Å². The van der Waals surface area contributed by atoms with E-state index in [1.807, 2.05) is 36.4 Å². The second-order valence-corrected chi connectivity index (χ2v) is 8.87. The number of halogens is 3. The van der Waals surface area contributed by atoms with E-state index in [-0.39, 0.29) is 11.1 Å². The number of carbonyl (C=O) groups is 1. The number of imidazole rings is 1. The molecule has 0 atom stereocenters. The van der Waals surface area contributed by atoms with Gasteiger partial charge in [0.15, 0.2) is 10.3 Å². The Labute approximate surface area is 196 Å². The highest BCUT2D eigenvalue weighted by atomic mass is 32.2. The molecule has 0 bridgehead atoms. The SMILES string of the molecule is CC(=O)N(c1ccccc1)c1nc(CSc2ncc(-c3ccccc3)n2CC(F)(F)F)cs1. The fourth-order valence-corrected chi connectivity index (χ4v) is 5.12. The molecule has 2 aromatic carbocycles. The predicted octanol–water partition coefficient (Wildman–Crippen LogP) is 6.55. The lowest BCUT2D eigenvalue weighted by Crippen LogP contribution is -2.22. The molecule has 4 aromatic rings. The summed E-state index contributed by atoms with van der Waals surface area (Å²) in [5.74, 6) is 0.142. The van der Waals surface area contributed by atoms with Gasteiger partial charge in [-0.3, -0.25) is 9.69 Å². The zero-order valence-corrected chi connectivity index (χ0v) is 19.1. The molecule has 0 aliphatic rings. The zero-order valence-electron chi connectivity index (χ0n) is 17.5. The molecule has 4 rings (SSSR count). The number of hydrogen-bond acceptors (Lipinski definition) is 5. The summed E-state index contributed by atoms with van der Waals surface area (Å²) >= 11 is 2.48. The van der Waals surface area contributed by atoms with E-state index in [9.17, 15) is 18.0 Å². The molecule has 2 heterocycles. The standard InChI is InChI=1S/C23H19F3N4OS2/c1-16(31)30(19-10-6-3-7-11-19)22-28-18(14-33-22)13-32-21-27-12-20(17-8-4-2-5-9-17)29(21)15-23(24,25)26/h2-12,14H,13,15H2,1H3. The second kappa shape index (κ2) is 9.80. The fraction of sp³-hybridized carbons (Fsp3) is 0.174. The van der Waals surface area contributed by atoms with Gasteiger partial charge in [-0.2, -0.15) is 13.2 Å². The number of carbonyl (C=O) groups excluding carboxylic acids is 1. The minimum absolute atomic E-state index is 0.178. The number of benzene rings is 2. The van der Waals surface area contributed by atoms with Crippen molar-refractivity contribution < 1.29 is 18.0 Å². The smallest absolute Gasteiger partial charge is 0.310 e. The summed E-state index contributed by atoms with van der Waals surface area (Å²) in [6.45, 7) is 0.329. The van der Waals surface area contributed by atoms with E-state index < -0.39 is 12.7 Å². The highest BCUT2D eigenvalue weighted by molar-refractivity contribution is 7.98. The van der Waals surface area contributed by atoms with E-state index in [4.69, 9.17) is 0 Å². The normalized spacial score (nSPS) is 11.5. The minimum atomic E-state index is -4.38. The average Bonchev–Trinajstić information content (AvgIpc) is 3.39. The number of para-hydroxylation sites is 1. The summed E-state index contributed by atoms with van der Waals surface area (Å²) in [5.41, 5.74) is 2.43.